The van der Waals surface area contributed by atoms with Gasteiger partial charge in [-0.2, -0.15) is 0 Å². The van der Waals surface area contributed by atoms with E-state index in [0.717, 1.165) is 55.7 Å². The van der Waals surface area contributed by atoms with Crippen LogP contribution in [0.5, 0.6) is 0 Å². The normalized spacial score (nSPS) is 10.7. The summed E-state index contributed by atoms with van der Waals surface area (Å²) >= 11 is 0. The lowest BCUT2D eigenvalue weighted by atomic mass is 10.1. The lowest BCUT2D eigenvalue weighted by molar-refractivity contribution is 0.281. The molecule has 1 heterocycles. The predicted octanol–water partition coefficient (Wildman–Crippen LogP) is 2.13. The zero-order chi connectivity index (χ0) is 14.1. The molecule has 0 bridgehead atoms. The Labute approximate surface area is 116 Å². The summed E-state index contributed by atoms with van der Waals surface area (Å²) in [5.74, 6) is 0.930. The number of aliphatic hydroxyl groups excluding tert-OH is 2. The van der Waals surface area contributed by atoms with Crippen molar-refractivity contribution in [2.45, 2.75) is 45.6 Å². The van der Waals surface area contributed by atoms with Crippen LogP contribution < -0.4 is 4.90 Å². The van der Waals surface area contributed by atoms with Crippen molar-refractivity contribution in [1.82, 2.24) is 4.98 Å². The summed E-state index contributed by atoms with van der Waals surface area (Å²) in [4.78, 5) is 6.76. The number of pyridine rings is 1. The molecule has 0 spiro atoms. The Kier molecular flexibility index (Phi) is 7.45. The molecule has 0 aromatic carbocycles. The van der Waals surface area contributed by atoms with Crippen LogP contribution in [0, 0.1) is 0 Å². The molecular weight excluding hydrogens is 240 g/mol. The summed E-state index contributed by atoms with van der Waals surface area (Å²) in [5.41, 5.74) is 1.97. The molecule has 0 saturated carbocycles. The minimum absolute atomic E-state index is 0.0601. The number of anilines is 1. The average Bonchev–Trinajstić information content (AvgIpc) is 2.43. The third-order valence-corrected chi connectivity index (χ3v) is 3.16. The number of nitrogens with zero attached hydrogens (tertiary/aromatic N) is 2. The highest BCUT2D eigenvalue weighted by atomic mass is 16.3. The lowest BCUT2D eigenvalue weighted by Gasteiger charge is -2.19. The van der Waals surface area contributed by atoms with Crippen LogP contribution in [0.25, 0.3) is 0 Å². The van der Waals surface area contributed by atoms with Gasteiger partial charge in [0.1, 0.15) is 5.82 Å². The van der Waals surface area contributed by atoms with E-state index in [9.17, 15) is 5.11 Å². The topological polar surface area (TPSA) is 56.6 Å². The van der Waals surface area contributed by atoms with E-state index >= 15 is 0 Å². The van der Waals surface area contributed by atoms with Gasteiger partial charge in [0.2, 0.25) is 0 Å². The minimum atomic E-state index is 0.0601. The second-order valence-electron chi connectivity index (χ2n) is 4.94. The van der Waals surface area contributed by atoms with Crippen LogP contribution in [0.3, 0.4) is 0 Å². The van der Waals surface area contributed by atoms with Crippen molar-refractivity contribution < 1.29 is 10.2 Å². The Morgan fingerprint density at radius 1 is 1.16 bits per heavy atom. The van der Waals surface area contributed by atoms with Crippen molar-refractivity contribution in [1.29, 1.82) is 0 Å². The number of rotatable bonds is 9. The quantitative estimate of drug-likeness (QED) is 0.672. The maximum absolute atomic E-state index is 9.31. The molecule has 0 unspecified atom stereocenters. The molecule has 4 heteroatoms. The van der Waals surface area contributed by atoms with E-state index in [1.54, 1.807) is 0 Å². The highest BCUT2D eigenvalue weighted by molar-refractivity contribution is 5.41. The van der Waals surface area contributed by atoms with E-state index in [2.05, 4.69) is 16.8 Å². The summed E-state index contributed by atoms with van der Waals surface area (Å²) in [6.07, 6.45) is 4.94. The highest BCUT2D eigenvalue weighted by Crippen LogP contribution is 2.16. The molecular formula is C15H26N2O2. The largest absolute Gasteiger partial charge is 0.396 e. The van der Waals surface area contributed by atoms with Crippen LogP contribution in [-0.4, -0.2) is 35.4 Å². The van der Waals surface area contributed by atoms with E-state index in [-0.39, 0.29) is 13.2 Å². The molecule has 0 amide bonds. The maximum atomic E-state index is 9.31. The molecule has 2 N–H and O–H groups in total. The fraction of sp³-hybridized carbons (Fsp3) is 0.667. The van der Waals surface area contributed by atoms with E-state index in [1.165, 1.54) is 0 Å². The molecule has 0 saturated heterocycles. The van der Waals surface area contributed by atoms with Gasteiger partial charge in [-0.25, -0.2) is 4.98 Å². The van der Waals surface area contributed by atoms with Gasteiger partial charge >= 0.3 is 0 Å². The number of hydrogen-bond donors (Lipinski definition) is 2. The molecule has 0 aliphatic heterocycles. The first-order valence-corrected chi connectivity index (χ1v) is 7.14. The van der Waals surface area contributed by atoms with Crippen LogP contribution in [0.15, 0.2) is 12.1 Å². The Hall–Kier alpha value is -1.13. The van der Waals surface area contributed by atoms with Gasteiger partial charge in [0.15, 0.2) is 0 Å². The molecule has 108 valence electrons. The SMILES string of the molecule is CCCc1cc(CO)cc(N(C)CCCCCO)n1. The van der Waals surface area contributed by atoms with E-state index < -0.39 is 0 Å². The molecule has 1 rings (SSSR count). The molecule has 0 fully saturated rings. The fourth-order valence-electron chi connectivity index (χ4n) is 2.06. The first-order valence-electron chi connectivity index (χ1n) is 7.14. The van der Waals surface area contributed by atoms with E-state index in [1.807, 2.05) is 19.2 Å². The van der Waals surface area contributed by atoms with Gasteiger partial charge in [-0.3, -0.25) is 0 Å². The number of hydrogen-bond acceptors (Lipinski definition) is 4. The number of aromatic nitrogens is 1. The Bertz CT molecular complexity index is 369. The van der Waals surface area contributed by atoms with E-state index in [0.29, 0.717) is 0 Å². The van der Waals surface area contributed by atoms with Gasteiger partial charge in [-0.05, 0) is 43.4 Å². The molecule has 0 aliphatic rings. The van der Waals surface area contributed by atoms with Crippen molar-refractivity contribution >= 4 is 5.82 Å². The molecule has 19 heavy (non-hydrogen) atoms. The third kappa shape index (κ3) is 5.57. The Morgan fingerprint density at radius 2 is 1.95 bits per heavy atom. The zero-order valence-corrected chi connectivity index (χ0v) is 12.1. The van der Waals surface area contributed by atoms with E-state index in [4.69, 9.17) is 5.11 Å². The highest BCUT2D eigenvalue weighted by Gasteiger charge is 2.06. The number of unbranched alkanes of at least 4 members (excludes halogenated alkanes) is 2. The molecule has 0 radical (unpaired) electrons. The van der Waals surface area contributed by atoms with Gasteiger partial charge < -0.3 is 15.1 Å². The van der Waals surface area contributed by atoms with Gasteiger partial charge in [0.05, 0.1) is 6.61 Å². The van der Waals surface area contributed by atoms with Gasteiger partial charge in [-0.15, -0.1) is 0 Å². The molecule has 0 aliphatic carbocycles. The third-order valence-electron chi connectivity index (χ3n) is 3.16. The number of aryl methyl sites for hydroxylation is 1. The maximum Gasteiger partial charge on any atom is 0.128 e. The summed E-state index contributed by atoms with van der Waals surface area (Å²) in [7, 11) is 2.03. The summed E-state index contributed by atoms with van der Waals surface area (Å²) in [6.45, 7) is 3.38. The van der Waals surface area contributed by atoms with Crippen molar-refractivity contribution in [3.63, 3.8) is 0 Å². The van der Waals surface area contributed by atoms with Crippen molar-refractivity contribution in [3.05, 3.63) is 23.4 Å². The first kappa shape index (κ1) is 15.9. The predicted molar refractivity (Wildman–Crippen MR) is 78.4 cm³/mol. The van der Waals surface area contributed by atoms with Crippen LogP contribution in [0.4, 0.5) is 5.82 Å². The summed E-state index contributed by atoms with van der Waals surface area (Å²) in [6, 6.07) is 3.93. The van der Waals surface area contributed by atoms with Crippen molar-refractivity contribution in [3.8, 4) is 0 Å². The second-order valence-corrected chi connectivity index (χ2v) is 4.94. The van der Waals surface area contributed by atoms with Gasteiger partial charge in [-0.1, -0.05) is 13.3 Å². The van der Waals surface area contributed by atoms with Gasteiger partial charge in [0, 0.05) is 25.9 Å². The molecule has 0 atom stereocenters. The second kappa shape index (κ2) is 8.88. The molecule has 1 aromatic heterocycles. The van der Waals surface area contributed by atoms with Gasteiger partial charge in [0.25, 0.3) is 0 Å². The number of aliphatic hydroxyl groups is 2. The lowest BCUT2D eigenvalue weighted by Crippen LogP contribution is -2.20. The molecule has 4 nitrogen and oxygen atoms in total. The minimum Gasteiger partial charge on any atom is -0.396 e. The fourth-order valence-corrected chi connectivity index (χ4v) is 2.06. The zero-order valence-electron chi connectivity index (χ0n) is 12.1. The standard InChI is InChI=1S/C15H26N2O2/c1-3-7-14-10-13(12-19)11-15(16-14)17(2)8-5-4-6-9-18/h10-11,18-19H,3-9,12H2,1-2H3. The Balaban J connectivity index is 2.66. The van der Waals surface area contributed by atoms with Crippen molar-refractivity contribution in [2.24, 2.45) is 0 Å². The van der Waals surface area contributed by atoms with Crippen LogP contribution in [0.2, 0.25) is 0 Å². The van der Waals surface area contributed by atoms with Crippen LogP contribution in [0.1, 0.15) is 43.9 Å². The summed E-state index contributed by atoms with van der Waals surface area (Å²) in [5, 5.41) is 18.1. The monoisotopic (exact) mass is 266 g/mol. The summed E-state index contributed by atoms with van der Waals surface area (Å²) < 4.78 is 0. The smallest absolute Gasteiger partial charge is 0.128 e. The van der Waals surface area contributed by atoms with Crippen LogP contribution in [-0.2, 0) is 13.0 Å². The first-order chi connectivity index (χ1) is 9.21. The van der Waals surface area contributed by atoms with Crippen LogP contribution >= 0.6 is 0 Å². The molecule has 1 aromatic rings. The van der Waals surface area contributed by atoms with Crippen molar-refractivity contribution in [2.75, 3.05) is 25.1 Å². The average molecular weight is 266 g/mol. The Morgan fingerprint density at radius 3 is 2.58 bits per heavy atom.